The van der Waals surface area contributed by atoms with Gasteiger partial charge in [0.15, 0.2) is 0 Å². The Bertz CT molecular complexity index is 445. The maximum Gasteiger partial charge on any atom is 0.309 e. The number of Topliss-reactive ketones (excluding diaryl/α,β-unsaturated/α-hetero) is 1. The van der Waals surface area contributed by atoms with Crippen molar-refractivity contribution >= 4 is 11.8 Å². The van der Waals surface area contributed by atoms with Gasteiger partial charge in [0.25, 0.3) is 0 Å². The topological polar surface area (TPSA) is 63.6 Å². The zero-order valence-electron chi connectivity index (χ0n) is 11.8. The lowest BCUT2D eigenvalue weighted by molar-refractivity contribution is -0.171. The van der Waals surface area contributed by atoms with Gasteiger partial charge >= 0.3 is 5.97 Å². The molecule has 3 aliphatic rings. The Morgan fingerprint density at radius 3 is 2.63 bits per heavy atom. The maximum absolute atomic E-state index is 12.4. The van der Waals surface area contributed by atoms with Crippen molar-refractivity contribution in [1.82, 2.24) is 0 Å². The van der Waals surface area contributed by atoms with E-state index in [0.29, 0.717) is 12.8 Å². The number of ether oxygens (including phenoxy) is 1. The summed E-state index contributed by atoms with van der Waals surface area (Å²) in [6.07, 6.45) is 2.15. The molecule has 1 unspecified atom stereocenters. The van der Waals surface area contributed by atoms with E-state index in [1.807, 2.05) is 20.8 Å². The maximum atomic E-state index is 12.4. The number of ketones is 1. The van der Waals surface area contributed by atoms with Crippen molar-refractivity contribution in [2.24, 2.45) is 23.2 Å². The van der Waals surface area contributed by atoms with Gasteiger partial charge in [0.1, 0.15) is 11.9 Å². The van der Waals surface area contributed by atoms with Crippen LogP contribution >= 0.6 is 0 Å². The molecule has 19 heavy (non-hydrogen) atoms. The predicted molar refractivity (Wildman–Crippen MR) is 68.2 cm³/mol. The number of carbonyl (C=O) groups is 2. The van der Waals surface area contributed by atoms with Crippen LogP contribution < -0.4 is 0 Å². The van der Waals surface area contributed by atoms with Crippen LogP contribution in [0.2, 0.25) is 0 Å². The van der Waals surface area contributed by atoms with Crippen LogP contribution in [0.3, 0.4) is 0 Å². The average Bonchev–Trinajstić information content (AvgIpc) is 2.76. The smallest absolute Gasteiger partial charge is 0.309 e. The number of esters is 1. The lowest BCUT2D eigenvalue weighted by Crippen LogP contribution is -2.56. The first-order chi connectivity index (χ1) is 8.82. The average molecular weight is 266 g/mol. The van der Waals surface area contributed by atoms with E-state index < -0.39 is 17.1 Å². The van der Waals surface area contributed by atoms with Crippen LogP contribution in [0.1, 0.15) is 46.5 Å². The summed E-state index contributed by atoms with van der Waals surface area (Å²) in [5.41, 5.74) is -1.94. The third kappa shape index (κ3) is 1.38. The monoisotopic (exact) mass is 266 g/mol. The van der Waals surface area contributed by atoms with Crippen molar-refractivity contribution in [1.29, 1.82) is 0 Å². The summed E-state index contributed by atoms with van der Waals surface area (Å²) >= 11 is 0. The molecule has 1 saturated heterocycles. The summed E-state index contributed by atoms with van der Waals surface area (Å²) in [6.45, 7) is 5.71. The van der Waals surface area contributed by atoms with Gasteiger partial charge in [0.2, 0.25) is 0 Å². The minimum absolute atomic E-state index is 0.0562. The molecule has 6 atom stereocenters. The van der Waals surface area contributed by atoms with Crippen molar-refractivity contribution in [3.8, 4) is 0 Å². The number of hydrogen-bond donors (Lipinski definition) is 1. The fraction of sp³-hybridized carbons (Fsp3) is 0.867. The van der Waals surface area contributed by atoms with Crippen molar-refractivity contribution < 1.29 is 19.4 Å². The van der Waals surface area contributed by atoms with Crippen LogP contribution in [-0.2, 0) is 14.3 Å². The second kappa shape index (κ2) is 3.81. The van der Waals surface area contributed by atoms with E-state index in [-0.39, 0.29) is 29.5 Å². The quantitative estimate of drug-likeness (QED) is 0.678. The summed E-state index contributed by atoms with van der Waals surface area (Å²) in [7, 11) is 0. The number of fused-ring (bicyclic) bond motifs is 3. The number of carbonyl (C=O) groups excluding carboxylic acids is 2. The van der Waals surface area contributed by atoms with Crippen LogP contribution in [-0.4, -0.2) is 28.6 Å². The zero-order valence-corrected chi connectivity index (χ0v) is 11.8. The Balaban J connectivity index is 2.11. The lowest BCUT2D eigenvalue weighted by Gasteiger charge is -2.44. The van der Waals surface area contributed by atoms with Gasteiger partial charge in [-0.25, -0.2) is 0 Å². The first kappa shape index (κ1) is 13.1. The third-order valence-electron chi connectivity index (χ3n) is 6.18. The molecule has 106 valence electrons. The van der Waals surface area contributed by atoms with E-state index in [1.54, 1.807) is 0 Å². The number of aliphatic hydroxyl groups is 1. The van der Waals surface area contributed by atoms with Crippen LogP contribution in [0.4, 0.5) is 0 Å². The van der Waals surface area contributed by atoms with Gasteiger partial charge in [-0.1, -0.05) is 13.8 Å². The van der Waals surface area contributed by atoms with Gasteiger partial charge in [-0.05, 0) is 32.1 Å². The Kier molecular flexibility index (Phi) is 2.63. The van der Waals surface area contributed by atoms with Crippen molar-refractivity contribution in [2.45, 2.75) is 58.2 Å². The molecule has 4 heteroatoms. The molecule has 3 rings (SSSR count). The van der Waals surface area contributed by atoms with E-state index in [0.717, 1.165) is 12.8 Å². The van der Waals surface area contributed by atoms with Crippen LogP contribution in [0, 0.1) is 23.2 Å². The third-order valence-corrected chi connectivity index (χ3v) is 6.18. The van der Waals surface area contributed by atoms with E-state index in [2.05, 4.69) is 0 Å². The largest absolute Gasteiger partial charge is 0.461 e. The summed E-state index contributed by atoms with van der Waals surface area (Å²) in [4.78, 5) is 24.3. The fourth-order valence-electron chi connectivity index (χ4n) is 4.61. The molecule has 4 nitrogen and oxygen atoms in total. The van der Waals surface area contributed by atoms with E-state index in [9.17, 15) is 14.7 Å². The second-order valence-electron chi connectivity index (χ2n) is 6.84. The summed E-state index contributed by atoms with van der Waals surface area (Å²) in [6, 6.07) is 0. The molecule has 0 spiro atoms. The number of hydrogen-bond acceptors (Lipinski definition) is 4. The van der Waals surface area contributed by atoms with Gasteiger partial charge in [0, 0.05) is 12.3 Å². The predicted octanol–water partition coefficient (Wildman–Crippen LogP) is 1.69. The highest BCUT2D eigenvalue weighted by molar-refractivity contribution is 5.90. The Hall–Kier alpha value is -0.900. The molecule has 0 aromatic heterocycles. The van der Waals surface area contributed by atoms with Gasteiger partial charge in [0.05, 0.1) is 16.9 Å². The highest BCUT2D eigenvalue weighted by Gasteiger charge is 2.68. The molecule has 0 amide bonds. The van der Waals surface area contributed by atoms with Gasteiger partial charge in [-0.2, -0.15) is 0 Å². The molecule has 2 saturated carbocycles. The molecule has 0 aromatic rings. The molecule has 0 bridgehead atoms. The van der Waals surface area contributed by atoms with Gasteiger partial charge in [-0.3, -0.25) is 9.59 Å². The highest BCUT2D eigenvalue weighted by atomic mass is 16.6. The fourth-order valence-corrected chi connectivity index (χ4v) is 4.61. The second-order valence-corrected chi connectivity index (χ2v) is 6.84. The standard InChI is InChI=1S/C15H22O4/c1-8-4-5-10-9(2)13(17)19-12(10)14(3)11(16)6-7-15(8,14)18/h8-10,12,18H,4-7H2,1-3H3/t8-,9?,10-,12+,14-,15-/m0/s1. The van der Waals surface area contributed by atoms with E-state index >= 15 is 0 Å². The molecule has 1 aliphatic heterocycles. The van der Waals surface area contributed by atoms with Gasteiger partial charge in [-0.15, -0.1) is 0 Å². The zero-order chi connectivity index (χ0) is 14.0. The van der Waals surface area contributed by atoms with Gasteiger partial charge < -0.3 is 9.84 Å². The molecule has 2 aliphatic carbocycles. The summed E-state index contributed by atoms with van der Waals surface area (Å²) in [5, 5.41) is 11.1. The molecular formula is C15H22O4. The molecule has 1 heterocycles. The first-order valence-electron chi connectivity index (χ1n) is 7.28. The van der Waals surface area contributed by atoms with Crippen molar-refractivity contribution in [2.75, 3.05) is 0 Å². The lowest BCUT2D eigenvalue weighted by atomic mass is 9.65. The molecule has 1 N–H and O–H groups in total. The summed E-state index contributed by atoms with van der Waals surface area (Å²) in [5.74, 6) is -0.185. The minimum atomic E-state index is -1.02. The van der Waals surface area contributed by atoms with Crippen molar-refractivity contribution in [3.63, 3.8) is 0 Å². The Morgan fingerprint density at radius 1 is 1.26 bits per heavy atom. The van der Waals surface area contributed by atoms with Crippen LogP contribution in [0.15, 0.2) is 0 Å². The minimum Gasteiger partial charge on any atom is -0.461 e. The van der Waals surface area contributed by atoms with Crippen LogP contribution in [0.5, 0.6) is 0 Å². The molecular weight excluding hydrogens is 244 g/mol. The highest BCUT2D eigenvalue weighted by Crippen LogP contribution is 2.58. The Morgan fingerprint density at radius 2 is 1.95 bits per heavy atom. The SMILES string of the molecule is CC1C(=O)O[C@@H]2[C@H]1CC[C@H](C)[C@@]1(O)CCC(=O)[C@@]21C. The molecule has 0 aromatic carbocycles. The normalized spacial score (nSPS) is 53.5. The first-order valence-corrected chi connectivity index (χ1v) is 7.28. The van der Waals surface area contributed by atoms with E-state index in [1.165, 1.54) is 0 Å². The summed E-state index contributed by atoms with van der Waals surface area (Å²) < 4.78 is 5.54. The van der Waals surface area contributed by atoms with Crippen LogP contribution in [0.25, 0.3) is 0 Å². The molecule has 0 radical (unpaired) electrons. The Labute approximate surface area is 113 Å². The van der Waals surface area contributed by atoms with E-state index in [4.69, 9.17) is 4.74 Å². The number of rotatable bonds is 0. The molecule has 3 fully saturated rings. The van der Waals surface area contributed by atoms with Crippen molar-refractivity contribution in [3.05, 3.63) is 0 Å².